The molecule has 0 saturated carbocycles. The minimum absolute atomic E-state index is 0.0114. The molecule has 0 heterocycles. The number of nitrogen functional groups attached to an aromatic ring is 1. The molecule has 0 bridgehead atoms. The molecular formula is C15H16N2O2. The molecule has 2 aromatic carbocycles. The number of anilines is 2. The SMILES string of the molecule is Cc1c(N)cccc1C(=O)Nc1ccc(CO)cc1. The number of carbonyl (C=O) groups is 1. The van der Waals surface area contributed by atoms with E-state index in [2.05, 4.69) is 5.32 Å². The number of nitrogens with one attached hydrogen (secondary N) is 1. The lowest BCUT2D eigenvalue weighted by atomic mass is 10.1. The first-order valence-electron chi connectivity index (χ1n) is 5.98. The van der Waals surface area contributed by atoms with E-state index in [4.69, 9.17) is 10.8 Å². The van der Waals surface area contributed by atoms with Gasteiger partial charge in [-0.1, -0.05) is 18.2 Å². The number of hydrogen-bond acceptors (Lipinski definition) is 3. The zero-order chi connectivity index (χ0) is 13.8. The van der Waals surface area contributed by atoms with Gasteiger partial charge in [0.25, 0.3) is 5.91 Å². The van der Waals surface area contributed by atoms with Crippen LogP contribution in [0.2, 0.25) is 0 Å². The van der Waals surface area contributed by atoms with Gasteiger partial charge in [0.1, 0.15) is 0 Å². The molecule has 0 radical (unpaired) electrons. The van der Waals surface area contributed by atoms with E-state index in [9.17, 15) is 4.79 Å². The Labute approximate surface area is 111 Å². The van der Waals surface area contributed by atoms with Crippen molar-refractivity contribution in [2.45, 2.75) is 13.5 Å². The molecule has 4 N–H and O–H groups in total. The molecule has 4 heteroatoms. The van der Waals surface area contributed by atoms with Gasteiger partial charge < -0.3 is 16.2 Å². The maximum absolute atomic E-state index is 12.1. The van der Waals surface area contributed by atoms with Gasteiger partial charge >= 0.3 is 0 Å². The van der Waals surface area contributed by atoms with Crippen LogP contribution in [0.4, 0.5) is 11.4 Å². The van der Waals surface area contributed by atoms with Crippen LogP contribution in [0.3, 0.4) is 0 Å². The van der Waals surface area contributed by atoms with Crippen LogP contribution >= 0.6 is 0 Å². The summed E-state index contributed by atoms with van der Waals surface area (Å²) in [5, 5.41) is 11.8. The molecule has 4 nitrogen and oxygen atoms in total. The van der Waals surface area contributed by atoms with E-state index in [1.54, 1.807) is 42.5 Å². The number of benzene rings is 2. The summed E-state index contributed by atoms with van der Waals surface area (Å²) >= 11 is 0. The van der Waals surface area contributed by atoms with Crippen molar-refractivity contribution in [2.75, 3.05) is 11.1 Å². The topological polar surface area (TPSA) is 75.4 Å². The van der Waals surface area contributed by atoms with Crippen LogP contribution in [0.25, 0.3) is 0 Å². The van der Waals surface area contributed by atoms with Crippen LogP contribution in [0.1, 0.15) is 21.5 Å². The van der Waals surface area contributed by atoms with E-state index < -0.39 is 0 Å². The average Bonchev–Trinajstić information content (AvgIpc) is 2.42. The maximum atomic E-state index is 12.1. The fraction of sp³-hybridized carbons (Fsp3) is 0.133. The molecule has 0 atom stereocenters. The lowest BCUT2D eigenvalue weighted by Gasteiger charge is -2.09. The third kappa shape index (κ3) is 2.92. The van der Waals surface area contributed by atoms with Crippen molar-refractivity contribution in [1.82, 2.24) is 0 Å². The Balaban J connectivity index is 2.18. The van der Waals surface area contributed by atoms with E-state index in [0.717, 1.165) is 11.1 Å². The van der Waals surface area contributed by atoms with Crippen molar-refractivity contribution < 1.29 is 9.90 Å². The van der Waals surface area contributed by atoms with Crippen LogP contribution in [0.15, 0.2) is 42.5 Å². The predicted octanol–water partition coefficient (Wildman–Crippen LogP) is 2.32. The van der Waals surface area contributed by atoms with E-state index in [-0.39, 0.29) is 12.5 Å². The van der Waals surface area contributed by atoms with Crippen LogP contribution in [0, 0.1) is 6.92 Å². The fourth-order valence-corrected chi connectivity index (χ4v) is 1.79. The molecule has 0 aliphatic rings. The van der Waals surface area contributed by atoms with Gasteiger partial charge in [-0.2, -0.15) is 0 Å². The maximum Gasteiger partial charge on any atom is 0.256 e. The van der Waals surface area contributed by atoms with Gasteiger partial charge in [-0.25, -0.2) is 0 Å². The monoisotopic (exact) mass is 256 g/mol. The van der Waals surface area contributed by atoms with Crippen molar-refractivity contribution in [2.24, 2.45) is 0 Å². The lowest BCUT2D eigenvalue weighted by molar-refractivity contribution is 0.102. The van der Waals surface area contributed by atoms with Crippen LogP contribution in [-0.2, 0) is 6.61 Å². The molecule has 2 rings (SSSR count). The summed E-state index contributed by atoms with van der Waals surface area (Å²) < 4.78 is 0. The van der Waals surface area contributed by atoms with Crippen molar-refractivity contribution >= 4 is 17.3 Å². The van der Waals surface area contributed by atoms with Gasteiger partial charge in [0.15, 0.2) is 0 Å². The molecule has 2 aromatic rings. The Morgan fingerprint density at radius 1 is 1.21 bits per heavy atom. The molecule has 19 heavy (non-hydrogen) atoms. The number of amides is 1. The summed E-state index contributed by atoms with van der Waals surface area (Å²) in [5.74, 6) is -0.193. The first kappa shape index (κ1) is 13.1. The number of hydrogen-bond donors (Lipinski definition) is 3. The third-order valence-electron chi connectivity index (χ3n) is 3.01. The standard InChI is InChI=1S/C15H16N2O2/c1-10-13(3-2-4-14(10)16)15(19)17-12-7-5-11(9-18)6-8-12/h2-8,18H,9,16H2,1H3,(H,17,19). The second-order valence-corrected chi connectivity index (χ2v) is 4.33. The molecule has 98 valence electrons. The van der Waals surface area contributed by atoms with E-state index >= 15 is 0 Å². The minimum atomic E-state index is -0.193. The Kier molecular flexibility index (Phi) is 3.82. The number of aliphatic hydroxyl groups excluding tert-OH is 1. The minimum Gasteiger partial charge on any atom is -0.398 e. The molecule has 0 aliphatic heterocycles. The van der Waals surface area contributed by atoms with Gasteiger partial charge in [0.05, 0.1) is 6.61 Å². The van der Waals surface area contributed by atoms with Crippen LogP contribution in [0.5, 0.6) is 0 Å². The molecule has 0 aliphatic carbocycles. The highest BCUT2D eigenvalue weighted by Crippen LogP contribution is 2.17. The smallest absolute Gasteiger partial charge is 0.256 e. The summed E-state index contributed by atoms with van der Waals surface area (Å²) in [5.41, 5.74) is 9.20. The highest BCUT2D eigenvalue weighted by atomic mass is 16.3. The lowest BCUT2D eigenvalue weighted by Crippen LogP contribution is -2.14. The second-order valence-electron chi connectivity index (χ2n) is 4.33. The number of nitrogens with two attached hydrogens (primary N) is 1. The summed E-state index contributed by atoms with van der Waals surface area (Å²) in [7, 11) is 0. The Morgan fingerprint density at radius 2 is 1.89 bits per heavy atom. The van der Waals surface area contributed by atoms with Crippen molar-refractivity contribution in [3.05, 3.63) is 59.2 Å². The van der Waals surface area contributed by atoms with Gasteiger partial charge in [-0.05, 0) is 42.3 Å². The third-order valence-corrected chi connectivity index (χ3v) is 3.01. The number of rotatable bonds is 3. The molecule has 1 amide bonds. The molecule has 0 fully saturated rings. The van der Waals surface area contributed by atoms with Gasteiger partial charge in [0.2, 0.25) is 0 Å². The van der Waals surface area contributed by atoms with E-state index in [1.807, 2.05) is 6.92 Å². The summed E-state index contributed by atoms with van der Waals surface area (Å²) in [4.78, 5) is 12.1. The second kappa shape index (κ2) is 5.54. The van der Waals surface area contributed by atoms with E-state index in [0.29, 0.717) is 16.9 Å². The number of carbonyl (C=O) groups excluding carboxylic acids is 1. The van der Waals surface area contributed by atoms with Crippen LogP contribution in [-0.4, -0.2) is 11.0 Å². The molecule has 0 aromatic heterocycles. The summed E-state index contributed by atoms with van der Waals surface area (Å²) in [6, 6.07) is 12.3. The molecular weight excluding hydrogens is 240 g/mol. The zero-order valence-electron chi connectivity index (χ0n) is 10.7. The van der Waals surface area contributed by atoms with Crippen molar-refractivity contribution in [3.63, 3.8) is 0 Å². The highest BCUT2D eigenvalue weighted by Gasteiger charge is 2.10. The first-order chi connectivity index (χ1) is 9.11. The van der Waals surface area contributed by atoms with Crippen molar-refractivity contribution in [1.29, 1.82) is 0 Å². The fourth-order valence-electron chi connectivity index (χ4n) is 1.79. The van der Waals surface area contributed by atoms with Crippen LogP contribution < -0.4 is 11.1 Å². The normalized spacial score (nSPS) is 10.2. The Bertz CT molecular complexity index is 592. The average molecular weight is 256 g/mol. The van der Waals surface area contributed by atoms with E-state index in [1.165, 1.54) is 0 Å². The van der Waals surface area contributed by atoms with Gasteiger partial charge in [0, 0.05) is 16.9 Å². The number of aliphatic hydroxyl groups is 1. The largest absolute Gasteiger partial charge is 0.398 e. The highest BCUT2D eigenvalue weighted by molar-refractivity contribution is 6.06. The quantitative estimate of drug-likeness (QED) is 0.738. The first-order valence-corrected chi connectivity index (χ1v) is 5.98. The molecule has 0 saturated heterocycles. The molecule has 0 unspecified atom stereocenters. The Hall–Kier alpha value is -2.33. The summed E-state index contributed by atoms with van der Waals surface area (Å²) in [6.07, 6.45) is 0. The van der Waals surface area contributed by atoms with Crippen molar-refractivity contribution in [3.8, 4) is 0 Å². The van der Waals surface area contributed by atoms with Gasteiger partial charge in [-0.15, -0.1) is 0 Å². The Morgan fingerprint density at radius 3 is 2.53 bits per heavy atom. The molecule has 0 spiro atoms. The summed E-state index contributed by atoms with van der Waals surface area (Å²) in [6.45, 7) is 1.81. The zero-order valence-corrected chi connectivity index (χ0v) is 10.7. The van der Waals surface area contributed by atoms with Gasteiger partial charge in [-0.3, -0.25) is 4.79 Å². The predicted molar refractivity (Wildman–Crippen MR) is 75.9 cm³/mol.